The van der Waals surface area contributed by atoms with Gasteiger partial charge in [-0.2, -0.15) is 0 Å². The molecule has 0 aliphatic carbocycles. The summed E-state index contributed by atoms with van der Waals surface area (Å²) in [5.41, 5.74) is 9.09. The third kappa shape index (κ3) is 2.70. The van der Waals surface area contributed by atoms with E-state index in [2.05, 4.69) is 32.9 Å². The molecule has 0 saturated heterocycles. The number of ketones is 1. The van der Waals surface area contributed by atoms with E-state index < -0.39 is 0 Å². The largest absolute Gasteiger partial charge is 0.324 e. The summed E-state index contributed by atoms with van der Waals surface area (Å²) in [5.74, 6) is 0.130. The quantitative estimate of drug-likeness (QED) is 0.827. The minimum Gasteiger partial charge on any atom is -0.324 e. The second-order valence-electron chi connectivity index (χ2n) is 4.30. The molecule has 0 bridgehead atoms. The maximum atomic E-state index is 11.8. The monoisotopic (exact) mass is 219 g/mol. The van der Waals surface area contributed by atoms with Crippen LogP contribution in [0.25, 0.3) is 0 Å². The van der Waals surface area contributed by atoms with Crippen molar-refractivity contribution in [1.29, 1.82) is 0 Å². The summed E-state index contributed by atoms with van der Waals surface area (Å²) in [5, 5.41) is 0. The summed E-state index contributed by atoms with van der Waals surface area (Å²) < 4.78 is 0. The van der Waals surface area contributed by atoms with Gasteiger partial charge in [0, 0.05) is 5.92 Å². The molecular weight excluding hydrogens is 198 g/mol. The van der Waals surface area contributed by atoms with E-state index >= 15 is 0 Å². The lowest BCUT2D eigenvalue weighted by atomic mass is 9.86. The fourth-order valence-corrected chi connectivity index (χ4v) is 2.07. The highest BCUT2D eigenvalue weighted by Crippen LogP contribution is 2.26. The van der Waals surface area contributed by atoms with Crippen LogP contribution < -0.4 is 5.73 Å². The lowest BCUT2D eigenvalue weighted by Crippen LogP contribution is -2.22. The van der Waals surface area contributed by atoms with E-state index in [1.165, 1.54) is 11.1 Å². The van der Waals surface area contributed by atoms with E-state index in [-0.39, 0.29) is 18.2 Å². The third-order valence-electron chi connectivity index (χ3n) is 3.19. The fourth-order valence-electron chi connectivity index (χ4n) is 2.07. The highest BCUT2D eigenvalue weighted by molar-refractivity contribution is 5.87. The molecule has 0 aromatic heterocycles. The molecule has 2 N–H and O–H groups in total. The number of nitrogens with two attached hydrogens (primary N) is 1. The van der Waals surface area contributed by atoms with Crippen molar-refractivity contribution in [1.82, 2.24) is 0 Å². The third-order valence-corrected chi connectivity index (χ3v) is 3.19. The summed E-state index contributed by atoms with van der Waals surface area (Å²) >= 11 is 0. The highest BCUT2D eigenvalue weighted by atomic mass is 16.1. The van der Waals surface area contributed by atoms with E-state index in [9.17, 15) is 4.79 Å². The Balaban J connectivity index is 3.10. The lowest BCUT2D eigenvalue weighted by Gasteiger charge is -2.18. The number of aryl methyl sites for hydroxylation is 1. The Morgan fingerprint density at radius 3 is 2.62 bits per heavy atom. The summed E-state index contributed by atoms with van der Waals surface area (Å²) in [6, 6.07) is 6.15. The van der Waals surface area contributed by atoms with Crippen LogP contribution in [-0.2, 0) is 4.79 Å². The first kappa shape index (κ1) is 12.9. The molecule has 0 fully saturated rings. The van der Waals surface area contributed by atoms with Crippen molar-refractivity contribution in [3.8, 4) is 0 Å². The van der Waals surface area contributed by atoms with Crippen LogP contribution in [0.3, 0.4) is 0 Å². The minimum atomic E-state index is -0.0186. The zero-order chi connectivity index (χ0) is 12.1. The van der Waals surface area contributed by atoms with Crippen molar-refractivity contribution in [3.05, 3.63) is 34.9 Å². The molecule has 0 amide bonds. The molecule has 88 valence electrons. The van der Waals surface area contributed by atoms with Crippen LogP contribution in [-0.4, -0.2) is 12.3 Å². The first-order valence-electron chi connectivity index (χ1n) is 5.90. The van der Waals surface area contributed by atoms with E-state index in [4.69, 9.17) is 5.73 Å². The maximum absolute atomic E-state index is 11.8. The van der Waals surface area contributed by atoms with Gasteiger partial charge in [0.1, 0.15) is 0 Å². The number of Topliss-reactive ketones (excluding diaryl/α,β-unsaturated/α-hetero) is 1. The van der Waals surface area contributed by atoms with Gasteiger partial charge in [-0.25, -0.2) is 0 Å². The van der Waals surface area contributed by atoms with Gasteiger partial charge in [-0.05, 0) is 37.0 Å². The topological polar surface area (TPSA) is 43.1 Å². The molecule has 0 saturated carbocycles. The molecule has 16 heavy (non-hydrogen) atoms. The number of benzene rings is 1. The van der Waals surface area contributed by atoms with Crippen LogP contribution in [0.5, 0.6) is 0 Å². The van der Waals surface area contributed by atoms with Crippen molar-refractivity contribution in [3.63, 3.8) is 0 Å². The van der Waals surface area contributed by atoms with Gasteiger partial charge < -0.3 is 5.73 Å². The predicted octanol–water partition coefficient (Wildman–Crippen LogP) is 2.71. The first-order valence-corrected chi connectivity index (χ1v) is 5.90. The molecule has 1 aromatic rings. The molecule has 2 heteroatoms. The summed E-state index contributed by atoms with van der Waals surface area (Å²) in [6.45, 7) is 6.39. The number of hydrogen-bond donors (Lipinski definition) is 1. The van der Waals surface area contributed by atoms with Crippen molar-refractivity contribution in [2.45, 2.75) is 39.5 Å². The van der Waals surface area contributed by atoms with Crippen molar-refractivity contribution < 1.29 is 4.79 Å². The van der Waals surface area contributed by atoms with Crippen molar-refractivity contribution in [2.24, 2.45) is 5.73 Å². The van der Waals surface area contributed by atoms with Gasteiger partial charge in [0.25, 0.3) is 0 Å². The van der Waals surface area contributed by atoms with Gasteiger partial charge >= 0.3 is 0 Å². The molecular formula is C14H21NO. The van der Waals surface area contributed by atoms with Crippen LogP contribution in [0.2, 0.25) is 0 Å². The Morgan fingerprint density at radius 2 is 2.06 bits per heavy atom. The Labute approximate surface area is 97.9 Å². The van der Waals surface area contributed by atoms with E-state index in [0.717, 1.165) is 18.4 Å². The number of rotatable bonds is 5. The highest BCUT2D eigenvalue weighted by Gasteiger charge is 2.20. The van der Waals surface area contributed by atoms with Crippen LogP contribution in [0, 0.1) is 13.8 Å². The Hall–Kier alpha value is -1.15. The summed E-state index contributed by atoms with van der Waals surface area (Å²) in [7, 11) is 0. The van der Waals surface area contributed by atoms with Gasteiger partial charge in [-0.1, -0.05) is 31.5 Å². The van der Waals surface area contributed by atoms with Crippen LogP contribution in [0.1, 0.15) is 42.4 Å². The molecule has 0 heterocycles. The fraction of sp³-hybridized carbons (Fsp3) is 0.500. The average Bonchev–Trinajstić information content (AvgIpc) is 2.29. The normalized spacial score (nSPS) is 12.5. The maximum Gasteiger partial charge on any atom is 0.153 e. The van der Waals surface area contributed by atoms with Crippen LogP contribution >= 0.6 is 0 Å². The average molecular weight is 219 g/mol. The van der Waals surface area contributed by atoms with Crippen LogP contribution in [0.15, 0.2) is 18.2 Å². The van der Waals surface area contributed by atoms with Crippen LogP contribution in [0.4, 0.5) is 0 Å². The molecule has 1 aromatic carbocycles. The van der Waals surface area contributed by atoms with Crippen molar-refractivity contribution >= 4 is 5.78 Å². The summed E-state index contributed by atoms with van der Waals surface area (Å²) in [6.07, 6.45) is 1.89. The van der Waals surface area contributed by atoms with Gasteiger partial charge in [0.15, 0.2) is 5.78 Å². The Bertz CT molecular complexity index is 371. The molecule has 0 aliphatic rings. The van der Waals surface area contributed by atoms with Gasteiger partial charge in [0.05, 0.1) is 6.54 Å². The van der Waals surface area contributed by atoms with Gasteiger partial charge in [0.2, 0.25) is 0 Å². The Morgan fingerprint density at radius 1 is 1.38 bits per heavy atom. The second-order valence-corrected chi connectivity index (χ2v) is 4.30. The molecule has 1 atom stereocenters. The molecule has 1 rings (SSSR count). The van der Waals surface area contributed by atoms with E-state index in [0.29, 0.717) is 0 Å². The smallest absolute Gasteiger partial charge is 0.153 e. The molecule has 1 unspecified atom stereocenters. The van der Waals surface area contributed by atoms with Gasteiger partial charge in [-0.3, -0.25) is 4.79 Å². The van der Waals surface area contributed by atoms with E-state index in [1.807, 2.05) is 6.07 Å². The summed E-state index contributed by atoms with van der Waals surface area (Å²) in [4.78, 5) is 11.8. The standard InChI is InChI=1S/C14H21NO/c1-4-6-13(14(16)9-15)12-8-5-7-10(2)11(12)3/h5,7-8,13H,4,6,9,15H2,1-3H3. The second kappa shape index (κ2) is 5.80. The molecule has 2 nitrogen and oxygen atoms in total. The zero-order valence-corrected chi connectivity index (χ0v) is 10.4. The van der Waals surface area contributed by atoms with Crippen molar-refractivity contribution in [2.75, 3.05) is 6.54 Å². The molecule has 0 spiro atoms. The lowest BCUT2D eigenvalue weighted by molar-refractivity contribution is -0.119. The predicted molar refractivity (Wildman–Crippen MR) is 67.6 cm³/mol. The number of carbonyl (C=O) groups is 1. The zero-order valence-electron chi connectivity index (χ0n) is 10.4. The Kier molecular flexibility index (Phi) is 4.69. The molecule has 0 aliphatic heterocycles. The molecule has 0 radical (unpaired) electrons. The minimum absolute atomic E-state index is 0.0186. The SMILES string of the molecule is CCCC(C(=O)CN)c1cccc(C)c1C. The first-order chi connectivity index (χ1) is 7.61. The number of hydrogen-bond acceptors (Lipinski definition) is 2. The van der Waals surface area contributed by atoms with E-state index in [1.54, 1.807) is 0 Å². The van der Waals surface area contributed by atoms with Gasteiger partial charge in [-0.15, -0.1) is 0 Å². The number of carbonyl (C=O) groups excluding carboxylic acids is 1.